The van der Waals surface area contributed by atoms with Crippen molar-refractivity contribution in [3.05, 3.63) is 102 Å². The van der Waals surface area contributed by atoms with Crippen molar-refractivity contribution in [1.29, 1.82) is 0 Å². The first-order chi connectivity index (χ1) is 14.6. The van der Waals surface area contributed by atoms with E-state index in [4.69, 9.17) is 4.84 Å². The number of halogens is 1. The number of amides is 2. The third-order valence-corrected chi connectivity index (χ3v) is 5.61. The largest absolute Gasteiger partial charge is 0.275 e. The summed E-state index contributed by atoms with van der Waals surface area (Å²) in [4.78, 5) is 33.8. The lowest BCUT2D eigenvalue weighted by atomic mass is 9.90. The van der Waals surface area contributed by atoms with E-state index < -0.39 is 18.1 Å². The minimum atomic E-state index is -0.906. The van der Waals surface area contributed by atoms with E-state index in [-0.39, 0.29) is 24.2 Å². The molecule has 0 radical (unpaired) electrons. The topological polar surface area (TPSA) is 49.9 Å². The van der Waals surface area contributed by atoms with Crippen molar-refractivity contribution < 1.29 is 18.8 Å². The summed E-state index contributed by atoms with van der Waals surface area (Å²) in [5.41, 5.74) is 2.32. The molecule has 6 heteroatoms. The summed E-state index contributed by atoms with van der Waals surface area (Å²) < 4.78 is 13.5. The molecule has 2 aliphatic rings. The second-order valence-corrected chi connectivity index (χ2v) is 7.46. The molecule has 3 aromatic rings. The van der Waals surface area contributed by atoms with Crippen molar-refractivity contribution >= 4 is 17.5 Å². The Morgan fingerprint density at radius 2 is 1.43 bits per heavy atom. The number of hydrogen-bond donors (Lipinski definition) is 0. The van der Waals surface area contributed by atoms with E-state index in [9.17, 15) is 14.0 Å². The molecule has 2 amide bonds. The minimum absolute atomic E-state index is 0.205. The number of carbonyl (C=O) groups is 2. The minimum Gasteiger partial charge on any atom is -0.275 e. The summed E-state index contributed by atoms with van der Waals surface area (Å²) in [6.07, 6.45) is -0.906. The molecule has 5 rings (SSSR count). The maximum atomic E-state index is 13.5. The molecule has 0 saturated carbocycles. The van der Waals surface area contributed by atoms with Gasteiger partial charge in [0, 0.05) is 0 Å². The molecule has 150 valence electrons. The highest BCUT2D eigenvalue weighted by atomic mass is 19.1. The number of rotatable bonds is 4. The van der Waals surface area contributed by atoms with Gasteiger partial charge in [-0.05, 0) is 35.4 Å². The lowest BCUT2D eigenvalue weighted by Gasteiger charge is -2.28. The number of fused-ring (bicyclic) bond motifs is 1. The van der Waals surface area contributed by atoms with E-state index in [0.29, 0.717) is 0 Å². The van der Waals surface area contributed by atoms with E-state index in [1.807, 2.05) is 60.7 Å². The van der Waals surface area contributed by atoms with E-state index in [0.717, 1.165) is 16.8 Å². The van der Waals surface area contributed by atoms with Crippen LogP contribution in [-0.2, 0) is 21.0 Å². The first kappa shape index (κ1) is 18.5. The fraction of sp³-hybridized carbons (Fsp3) is 0.167. The average Bonchev–Trinajstić information content (AvgIpc) is 3.28. The highest BCUT2D eigenvalue weighted by molar-refractivity contribution is 6.07. The van der Waals surface area contributed by atoms with Gasteiger partial charge < -0.3 is 0 Å². The van der Waals surface area contributed by atoms with Crippen LogP contribution in [0.1, 0.15) is 17.2 Å². The van der Waals surface area contributed by atoms with Crippen LogP contribution in [0.15, 0.2) is 84.9 Å². The molecular weight excluding hydrogens is 383 g/mol. The van der Waals surface area contributed by atoms with Gasteiger partial charge in [-0.2, -0.15) is 0 Å². The van der Waals surface area contributed by atoms with Crippen LogP contribution < -0.4 is 5.06 Å². The van der Waals surface area contributed by atoms with Crippen LogP contribution in [0.5, 0.6) is 0 Å². The van der Waals surface area contributed by atoms with Crippen molar-refractivity contribution in [3.63, 3.8) is 0 Å². The lowest BCUT2D eigenvalue weighted by molar-refractivity contribution is -0.143. The molecule has 0 aliphatic carbocycles. The smallest absolute Gasteiger partial charge is 0.262 e. The van der Waals surface area contributed by atoms with Crippen LogP contribution in [0.3, 0.4) is 0 Å². The Bertz CT molecular complexity index is 1070. The molecule has 0 aromatic heterocycles. The zero-order chi connectivity index (χ0) is 20.7. The Balaban J connectivity index is 1.52. The Hall–Kier alpha value is -3.51. The summed E-state index contributed by atoms with van der Waals surface area (Å²) >= 11 is 0. The quantitative estimate of drug-likeness (QED) is 0.622. The molecule has 2 aliphatic heterocycles. The van der Waals surface area contributed by atoms with Crippen LogP contribution in [0, 0.1) is 11.7 Å². The van der Waals surface area contributed by atoms with Crippen LogP contribution >= 0.6 is 0 Å². The van der Waals surface area contributed by atoms with Gasteiger partial charge in [-0.15, -0.1) is 0 Å². The number of hydroxylamine groups is 1. The van der Waals surface area contributed by atoms with Crippen molar-refractivity contribution in [2.45, 2.75) is 18.7 Å². The molecule has 30 heavy (non-hydrogen) atoms. The number of imide groups is 1. The van der Waals surface area contributed by atoms with Crippen molar-refractivity contribution in [1.82, 2.24) is 4.90 Å². The predicted molar refractivity (Wildman–Crippen MR) is 108 cm³/mol. The monoisotopic (exact) mass is 402 g/mol. The summed E-state index contributed by atoms with van der Waals surface area (Å²) in [5.74, 6) is -1.69. The highest BCUT2D eigenvalue weighted by Gasteiger charge is 2.59. The number of anilines is 1. The molecule has 3 atom stereocenters. The molecule has 3 aromatic carbocycles. The third kappa shape index (κ3) is 3.06. The molecule has 2 fully saturated rings. The van der Waals surface area contributed by atoms with Crippen molar-refractivity contribution in [2.75, 3.05) is 5.06 Å². The van der Waals surface area contributed by atoms with Crippen LogP contribution in [-0.4, -0.2) is 22.8 Å². The molecule has 5 nitrogen and oxygen atoms in total. The van der Waals surface area contributed by atoms with Crippen LogP contribution in [0.2, 0.25) is 0 Å². The number of nitrogens with zero attached hydrogens (tertiary/aromatic N) is 2. The first-order valence-electron chi connectivity index (χ1n) is 9.79. The SMILES string of the molecule is O=C1[C@@H]2[C@@H](ON(c3ccccc3)[C@H]2c2ccc(F)cc2)C(=O)N1Cc1ccccc1. The van der Waals surface area contributed by atoms with E-state index in [1.54, 1.807) is 17.2 Å². The Kier molecular flexibility index (Phi) is 4.56. The summed E-state index contributed by atoms with van der Waals surface area (Å²) in [5, 5.41) is 1.61. The zero-order valence-corrected chi connectivity index (χ0v) is 16.0. The average molecular weight is 402 g/mol. The van der Waals surface area contributed by atoms with Gasteiger partial charge in [-0.25, -0.2) is 9.45 Å². The fourth-order valence-corrected chi connectivity index (χ4v) is 4.19. The molecule has 0 bridgehead atoms. The van der Waals surface area contributed by atoms with Crippen LogP contribution in [0.25, 0.3) is 0 Å². The molecule has 0 unspecified atom stereocenters. The standard InChI is InChI=1S/C24H19FN2O3/c25-18-13-11-17(12-14-18)21-20-22(30-27(21)19-9-5-2-6-10-19)24(29)26(23(20)28)15-16-7-3-1-4-8-16/h1-14,20-22H,15H2/t20-,21-,22+/m0/s1. The van der Waals surface area contributed by atoms with Gasteiger partial charge in [0.05, 0.1) is 18.3 Å². The van der Waals surface area contributed by atoms with E-state index >= 15 is 0 Å². The maximum Gasteiger partial charge on any atom is 0.262 e. The van der Waals surface area contributed by atoms with Crippen molar-refractivity contribution in [3.8, 4) is 0 Å². The zero-order valence-electron chi connectivity index (χ0n) is 16.0. The van der Waals surface area contributed by atoms with Gasteiger partial charge in [0.25, 0.3) is 5.91 Å². The Morgan fingerprint density at radius 1 is 0.800 bits per heavy atom. The molecule has 0 N–H and O–H groups in total. The Labute approximate surface area is 173 Å². The summed E-state index contributed by atoms with van der Waals surface area (Å²) in [6.45, 7) is 0.205. The van der Waals surface area contributed by atoms with Gasteiger partial charge in [0.1, 0.15) is 11.7 Å². The highest BCUT2D eigenvalue weighted by Crippen LogP contribution is 2.46. The number of para-hydroxylation sites is 1. The van der Waals surface area contributed by atoms with Gasteiger partial charge in [0.15, 0.2) is 6.10 Å². The summed E-state index contributed by atoms with van der Waals surface area (Å²) in [7, 11) is 0. The molecule has 2 heterocycles. The molecule has 0 spiro atoms. The predicted octanol–water partition coefficient (Wildman–Crippen LogP) is 3.87. The normalized spacial score (nSPS) is 23.2. The van der Waals surface area contributed by atoms with Crippen molar-refractivity contribution in [2.24, 2.45) is 5.92 Å². The van der Waals surface area contributed by atoms with Crippen LogP contribution in [0.4, 0.5) is 10.1 Å². The number of likely N-dealkylation sites (tertiary alicyclic amines) is 1. The lowest BCUT2D eigenvalue weighted by Crippen LogP contribution is -2.36. The third-order valence-electron chi connectivity index (χ3n) is 5.61. The van der Waals surface area contributed by atoms with Gasteiger partial charge in [0.2, 0.25) is 5.91 Å². The second-order valence-electron chi connectivity index (χ2n) is 7.46. The molecular formula is C24H19FN2O3. The molecule has 2 saturated heterocycles. The number of benzene rings is 3. The fourth-order valence-electron chi connectivity index (χ4n) is 4.19. The Morgan fingerprint density at radius 3 is 2.10 bits per heavy atom. The summed E-state index contributed by atoms with van der Waals surface area (Å²) in [6, 6.07) is 24.2. The first-order valence-corrected chi connectivity index (χ1v) is 9.79. The van der Waals surface area contributed by atoms with Gasteiger partial charge >= 0.3 is 0 Å². The van der Waals surface area contributed by atoms with E-state index in [2.05, 4.69) is 0 Å². The van der Waals surface area contributed by atoms with Gasteiger partial charge in [-0.1, -0.05) is 60.7 Å². The second kappa shape index (κ2) is 7.39. The maximum absolute atomic E-state index is 13.5. The number of carbonyl (C=O) groups excluding carboxylic acids is 2. The number of hydrogen-bond acceptors (Lipinski definition) is 4. The van der Waals surface area contributed by atoms with E-state index in [1.165, 1.54) is 17.0 Å². The van der Waals surface area contributed by atoms with Gasteiger partial charge in [-0.3, -0.25) is 19.3 Å².